The van der Waals surface area contributed by atoms with Crippen LogP contribution in [-0.4, -0.2) is 61.4 Å². The van der Waals surface area contributed by atoms with Gasteiger partial charge >= 0.3 is 11.9 Å². The van der Waals surface area contributed by atoms with Crippen LogP contribution in [0.4, 0.5) is 0 Å². The molecule has 7 nitrogen and oxygen atoms in total. The van der Waals surface area contributed by atoms with Gasteiger partial charge in [0.25, 0.3) is 0 Å². The van der Waals surface area contributed by atoms with Crippen molar-refractivity contribution in [3.05, 3.63) is 29.8 Å². The zero-order valence-electron chi connectivity index (χ0n) is 15.2. The summed E-state index contributed by atoms with van der Waals surface area (Å²) in [6.07, 6.45) is 1.70. The van der Waals surface area contributed by atoms with Crippen LogP contribution < -0.4 is 4.74 Å². The van der Waals surface area contributed by atoms with E-state index in [2.05, 4.69) is 4.90 Å². The number of carbonyl (C=O) groups is 2. The number of benzene rings is 1. The summed E-state index contributed by atoms with van der Waals surface area (Å²) in [5.74, 6) is -0.241. The first-order chi connectivity index (χ1) is 12.5. The Bertz CT molecular complexity index is 574. The van der Waals surface area contributed by atoms with E-state index in [-0.39, 0.29) is 18.5 Å². The Morgan fingerprint density at radius 3 is 2.65 bits per heavy atom. The standard InChI is InChI=1S/C19H27NO6/c1-15(21)24-11-2-3-12-25-17-6-4-16(5-7-17)18-14-20(10-13-26-18)9-8-19(22)23/h4-7,18H,2-3,8-14H2,1H3,(H,22,23)/t18-/m0/s1. The molecule has 2 rings (SSSR count). The smallest absolute Gasteiger partial charge is 0.304 e. The van der Waals surface area contributed by atoms with Crippen molar-refractivity contribution >= 4 is 11.9 Å². The highest BCUT2D eigenvalue weighted by Gasteiger charge is 2.22. The Balaban J connectivity index is 1.72. The molecular weight excluding hydrogens is 338 g/mol. The fourth-order valence-corrected chi connectivity index (χ4v) is 2.75. The molecule has 1 aliphatic heterocycles. The largest absolute Gasteiger partial charge is 0.494 e. The topological polar surface area (TPSA) is 85.3 Å². The van der Waals surface area contributed by atoms with E-state index >= 15 is 0 Å². The fraction of sp³-hybridized carbons (Fsp3) is 0.579. The Morgan fingerprint density at radius 1 is 1.23 bits per heavy atom. The third-order valence-corrected chi connectivity index (χ3v) is 4.16. The van der Waals surface area contributed by atoms with Crippen LogP contribution in [0.2, 0.25) is 0 Å². The maximum Gasteiger partial charge on any atom is 0.304 e. The second kappa shape index (κ2) is 10.8. The maximum atomic E-state index is 10.7. The number of carbonyl (C=O) groups excluding carboxylic acids is 1. The lowest BCUT2D eigenvalue weighted by atomic mass is 10.1. The summed E-state index contributed by atoms with van der Waals surface area (Å²) in [5.41, 5.74) is 1.06. The predicted octanol–water partition coefficient (Wildman–Crippen LogP) is 2.26. The molecule has 1 aliphatic rings. The van der Waals surface area contributed by atoms with Gasteiger partial charge in [-0.05, 0) is 30.5 Å². The Labute approximate surface area is 153 Å². The van der Waals surface area contributed by atoms with Crippen LogP contribution in [0, 0.1) is 0 Å². The van der Waals surface area contributed by atoms with Crippen molar-refractivity contribution in [2.75, 3.05) is 39.5 Å². The van der Waals surface area contributed by atoms with Crippen molar-refractivity contribution in [2.45, 2.75) is 32.3 Å². The Kier molecular flexibility index (Phi) is 8.37. The van der Waals surface area contributed by atoms with Crippen molar-refractivity contribution in [2.24, 2.45) is 0 Å². The number of nitrogens with zero attached hydrogens (tertiary/aromatic N) is 1. The highest BCUT2D eigenvalue weighted by molar-refractivity contribution is 5.66. The molecule has 0 radical (unpaired) electrons. The number of hydrogen-bond donors (Lipinski definition) is 1. The molecule has 26 heavy (non-hydrogen) atoms. The third-order valence-electron chi connectivity index (χ3n) is 4.16. The van der Waals surface area contributed by atoms with Gasteiger partial charge in [-0.15, -0.1) is 0 Å². The minimum Gasteiger partial charge on any atom is -0.494 e. The van der Waals surface area contributed by atoms with Gasteiger partial charge in [-0.1, -0.05) is 12.1 Å². The SMILES string of the molecule is CC(=O)OCCCCOc1ccc([C@@H]2CN(CCC(=O)O)CCO2)cc1. The first-order valence-electron chi connectivity index (χ1n) is 8.96. The highest BCUT2D eigenvalue weighted by atomic mass is 16.5. The average molecular weight is 365 g/mol. The van der Waals surface area contributed by atoms with Crippen molar-refractivity contribution in [1.29, 1.82) is 0 Å². The van der Waals surface area contributed by atoms with E-state index in [1.165, 1.54) is 6.92 Å². The van der Waals surface area contributed by atoms with Crippen molar-refractivity contribution < 1.29 is 28.9 Å². The van der Waals surface area contributed by atoms with Gasteiger partial charge in [0.1, 0.15) is 5.75 Å². The molecule has 1 atom stereocenters. The molecule has 1 heterocycles. The quantitative estimate of drug-likeness (QED) is 0.503. The van der Waals surface area contributed by atoms with Crippen LogP contribution in [-0.2, 0) is 19.1 Å². The Hall–Kier alpha value is -2.12. The zero-order chi connectivity index (χ0) is 18.8. The molecule has 0 bridgehead atoms. The second-order valence-electron chi connectivity index (χ2n) is 6.27. The van der Waals surface area contributed by atoms with E-state index in [4.69, 9.17) is 19.3 Å². The average Bonchev–Trinajstić information content (AvgIpc) is 2.63. The lowest BCUT2D eigenvalue weighted by Gasteiger charge is -2.32. The Morgan fingerprint density at radius 2 is 1.96 bits per heavy atom. The molecule has 7 heteroatoms. The van der Waals surface area contributed by atoms with Crippen LogP contribution in [0.15, 0.2) is 24.3 Å². The normalized spacial score (nSPS) is 17.7. The molecule has 0 aliphatic carbocycles. The number of carboxylic acids is 1. The summed E-state index contributed by atoms with van der Waals surface area (Å²) in [6.45, 7) is 5.01. The molecular formula is C19H27NO6. The van der Waals surface area contributed by atoms with Gasteiger partial charge in [-0.3, -0.25) is 14.5 Å². The minimum absolute atomic E-state index is 0.0460. The van der Waals surface area contributed by atoms with E-state index < -0.39 is 5.97 Å². The van der Waals surface area contributed by atoms with Crippen LogP contribution in [0.25, 0.3) is 0 Å². The minimum atomic E-state index is -0.776. The molecule has 1 aromatic carbocycles. The summed E-state index contributed by atoms with van der Waals surface area (Å²) < 4.78 is 16.4. The molecule has 1 fully saturated rings. The van der Waals surface area contributed by atoms with Crippen molar-refractivity contribution in [3.63, 3.8) is 0 Å². The van der Waals surface area contributed by atoms with Gasteiger partial charge in [0, 0.05) is 26.6 Å². The molecule has 1 N–H and O–H groups in total. The van der Waals surface area contributed by atoms with Crippen LogP contribution in [0.1, 0.15) is 37.9 Å². The predicted molar refractivity (Wildman–Crippen MR) is 95.2 cm³/mol. The molecule has 0 amide bonds. The highest BCUT2D eigenvalue weighted by Crippen LogP contribution is 2.24. The third kappa shape index (κ3) is 7.41. The molecule has 1 aromatic rings. The number of hydrogen-bond acceptors (Lipinski definition) is 6. The first kappa shape index (κ1) is 20.2. The maximum absolute atomic E-state index is 10.7. The van der Waals surface area contributed by atoms with Gasteiger partial charge in [0.15, 0.2) is 0 Å². The number of ether oxygens (including phenoxy) is 3. The first-order valence-corrected chi connectivity index (χ1v) is 8.96. The number of morpholine rings is 1. The molecule has 144 valence electrons. The molecule has 0 saturated carbocycles. The second-order valence-corrected chi connectivity index (χ2v) is 6.27. The summed E-state index contributed by atoms with van der Waals surface area (Å²) in [6, 6.07) is 7.81. The molecule has 0 spiro atoms. The summed E-state index contributed by atoms with van der Waals surface area (Å²) in [4.78, 5) is 23.5. The number of rotatable bonds is 10. The fourth-order valence-electron chi connectivity index (χ4n) is 2.75. The summed E-state index contributed by atoms with van der Waals surface area (Å²) >= 11 is 0. The van der Waals surface area contributed by atoms with Crippen LogP contribution >= 0.6 is 0 Å². The van der Waals surface area contributed by atoms with Crippen molar-refractivity contribution in [1.82, 2.24) is 4.90 Å². The molecule has 1 saturated heterocycles. The number of aliphatic carboxylic acids is 1. The van der Waals surface area contributed by atoms with Gasteiger partial charge < -0.3 is 19.3 Å². The van der Waals surface area contributed by atoms with Crippen molar-refractivity contribution in [3.8, 4) is 5.75 Å². The van der Waals surface area contributed by atoms with E-state index in [1.807, 2.05) is 24.3 Å². The monoisotopic (exact) mass is 365 g/mol. The van der Waals surface area contributed by atoms with E-state index in [1.54, 1.807) is 0 Å². The molecule has 0 aromatic heterocycles. The lowest BCUT2D eigenvalue weighted by molar-refractivity contribution is -0.141. The number of esters is 1. The van der Waals surface area contributed by atoms with Gasteiger partial charge in [-0.2, -0.15) is 0 Å². The van der Waals surface area contributed by atoms with Gasteiger partial charge in [-0.25, -0.2) is 0 Å². The van der Waals surface area contributed by atoms with Crippen LogP contribution in [0.5, 0.6) is 5.75 Å². The number of unbranched alkanes of at least 4 members (excludes halogenated alkanes) is 1. The van der Waals surface area contributed by atoms with Crippen LogP contribution in [0.3, 0.4) is 0 Å². The lowest BCUT2D eigenvalue weighted by Crippen LogP contribution is -2.39. The van der Waals surface area contributed by atoms with E-state index in [0.717, 1.165) is 30.7 Å². The van der Waals surface area contributed by atoms with Gasteiger partial charge in [0.2, 0.25) is 0 Å². The zero-order valence-corrected chi connectivity index (χ0v) is 15.2. The van der Waals surface area contributed by atoms with E-state index in [9.17, 15) is 9.59 Å². The number of carboxylic acid groups (broad SMARTS) is 1. The summed E-state index contributed by atoms with van der Waals surface area (Å²) in [7, 11) is 0. The van der Waals surface area contributed by atoms with Gasteiger partial charge in [0.05, 0.1) is 32.3 Å². The van der Waals surface area contributed by atoms with E-state index in [0.29, 0.717) is 32.9 Å². The molecule has 0 unspecified atom stereocenters. The summed E-state index contributed by atoms with van der Waals surface area (Å²) in [5, 5.41) is 8.81.